The average molecular weight is 300 g/mol. The quantitative estimate of drug-likeness (QED) is 0.439. The number of benzene rings is 2. The molecule has 20 heavy (non-hydrogen) atoms. The fourth-order valence-electron chi connectivity index (χ4n) is 2.31. The third-order valence-electron chi connectivity index (χ3n) is 3.08. The number of para-hydroxylation sites is 2. The van der Waals surface area contributed by atoms with E-state index in [1.165, 1.54) is 0 Å². The van der Waals surface area contributed by atoms with E-state index in [-0.39, 0.29) is 5.11 Å². The van der Waals surface area contributed by atoms with Crippen molar-refractivity contribution >= 4 is 56.5 Å². The first-order valence-corrected chi connectivity index (χ1v) is 6.84. The molecular formula is C14H12N4S2. The molecular weight excluding hydrogens is 288 g/mol. The monoisotopic (exact) mass is 300 g/mol. The fourth-order valence-corrected chi connectivity index (χ4v) is 2.61. The van der Waals surface area contributed by atoms with Crippen molar-refractivity contribution in [3.05, 3.63) is 48.5 Å². The van der Waals surface area contributed by atoms with Crippen LogP contribution in [0.25, 0.3) is 21.8 Å². The van der Waals surface area contributed by atoms with Crippen LogP contribution in [0.2, 0.25) is 0 Å². The number of hydrogen-bond acceptors (Lipinski definition) is 2. The van der Waals surface area contributed by atoms with Gasteiger partial charge in [-0.2, -0.15) is 0 Å². The van der Waals surface area contributed by atoms with Gasteiger partial charge in [0.2, 0.25) is 0 Å². The molecule has 6 heteroatoms. The van der Waals surface area contributed by atoms with Crippen molar-refractivity contribution in [1.82, 2.24) is 15.4 Å². The topological polar surface area (TPSA) is 55.0 Å². The van der Waals surface area contributed by atoms with Gasteiger partial charge in [-0.3, -0.25) is 15.4 Å². The van der Waals surface area contributed by atoms with E-state index in [9.17, 15) is 0 Å². The Morgan fingerprint density at radius 3 is 1.85 bits per heavy atom. The third kappa shape index (κ3) is 2.09. The van der Waals surface area contributed by atoms with E-state index in [4.69, 9.17) is 30.2 Å². The highest BCUT2D eigenvalue weighted by molar-refractivity contribution is 7.80. The van der Waals surface area contributed by atoms with E-state index in [1.54, 1.807) is 0 Å². The molecule has 0 atom stereocenters. The Morgan fingerprint density at radius 1 is 0.850 bits per heavy atom. The number of aromatic nitrogens is 1. The number of nitrogens with one attached hydrogen (secondary N) is 2. The molecule has 0 unspecified atom stereocenters. The van der Waals surface area contributed by atoms with Crippen molar-refractivity contribution < 1.29 is 0 Å². The van der Waals surface area contributed by atoms with Crippen molar-refractivity contribution in [1.29, 1.82) is 0 Å². The van der Waals surface area contributed by atoms with Crippen molar-refractivity contribution in [3.8, 4) is 0 Å². The SMILES string of the molecule is NC(=S)NNC(=S)n1c2ccccc2c2ccccc21. The van der Waals surface area contributed by atoms with Crippen LogP contribution in [0.5, 0.6) is 0 Å². The minimum atomic E-state index is 0.146. The molecule has 4 nitrogen and oxygen atoms in total. The van der Waals surface area contributed by atoms with Crippen LogP contribution in [-0.2, 0) is 0 Å². The molecule has 1 aromatic heterocycles. The van der Waals surface area contributed by atoms with Gasteiger partial charge < -0.3 is 5.73 Å². The molecule has 0 aliphatic heterocycles. The Kier molecular flexibility index (Phi) is 3.25. The van der Waals surface area contributed by atoms with E-state index < -0.39 is 0 Å². The first kappa shape index (κ1) is 12.8. The minimum Gasteiger partial charge on any atom is -0.375 e. The second-order valence-corrected chi connectivity index (χ2v) is 5.12. The molecule has 100 valence electrons. The maximum atomic E-state index is 5.42. The lowest BCUT2D eigenvalue weighted by Gasteiger charge is -2.12. The first-order chi connectivity index (χ1) is 9.68. The molecule has 0 amide bonds. The van der Waals surface area contributed by atoms with E-state index in [0.717, 1.165) is 21.8 Å². The minimum absolute atomic E-state index is 0.146. The molecule has 0 saturated carbocycles. The van der Waals surface area contributed by atoms with Gasteiger partial charge in [-0.15, -0.1) is 0 Å². The highest BCUT2D eigenvalue weighted by Crippen LogP contribution is 2.28. The molecule has 0 aliphatic carbocycles. The Hall–Kier alpha value is -2.18. The van der Waals surface area contributed by atoms with Crippen molar-refractivity contribution in [2.45, 2.75) is 0 Å². The maximum absolute atomic E-state index is 5.42. The summed E-state index contributed by atoms with van der Waals surface area (Å²) in [5, 5.41) is 2.95. The standard InChI is InChI=1S/C14H12N4S2/c15-13(19)16-17-14(20)18-11-7-3-1-5-9(11)10-6-2-4-8-12(10)18/h1-8H,(H,17,20)(H3,15,16,19). The lowest BCUT2D eigenvalue weighted by molar-refractivity contribution is 0.857. The molecule has 0 radical (unpaired) electrons. The number of hydrogen-bond donors (Lipinski definition) is 3. The van der Waals surface area contributed by atoms with Gasteiger partial charge in [0.05, 0.1) is 11.0 Å². The largest absolute Gasteiger partial charge is 0.375 e. The molecule has 3 rings (SSSR count). The molecule has 0 saturated heterocycles. The molecule has 1 heterocycles. The average Bonchev–Trinajstić information content (AvgIpc) is 2.79. The molecule has 4 N–H and O–H groups in total. The summed E-state index contributed by atoms with van der Waals surface area (Å²) in [6, 6.07) is 16.2. The fraction of sp³-hybridized carbons (Fsp3) is 0. The predicted molar refractivity (Wildman–Crippen MR) is 90.5 cm³/mol. The summed E-state index contributed by atoms with van der Waals surface area (Å²) in [5.41, 5.74) is 13.0. The molecule has 2 aromatic carbocycles. The lowest BCUT2D eigenvalue weighted by Crippen LogP contribution is -2.45. The van der Waals surface area contributed by atoms with Gasteiger partial charge in [-0.05, 0) is 36.6 Å². The van der Waals surface area contributed by atoms with Crippen LogP contribution < -0.4 is 16.6 Å². The zero-order valence-corrected chi connectivity index (χ0v) is 12.1. The number of thiocarbonyl (C=S) groups is 2. The molecule has 0 fully saturated rings. The summed E-state index contributed by atoms with van der Waals surface area (Å²) in [5.74, 6) is 0. The van der Waals surface area contributed by atoms with Crippen LogP contribution in [0.3, 0.4) is 0 Å². The van der Waals surface area contributed by atoms with Gasteiger partial charge in [0, 0.05) is 10.8 Å². The van der Waals surface area contributed by atoms with E-state index in [1.807, 2.05) is 41.0 Å². The van der Waals surface area contributed by atoms with E-state index in [2.05, 4.69) is 23.0 Å². The Morgan fingerprint density at radius 2 is 1.35 bits per heavy atom. The Balaban J connectivity index is 2.21. The highest BCUT2D eigenvalue weighted by atomic mass is 32.1. The summed E-state index contributed by atoms with van der Waals surface area (Å²) < 4.78 is 1.96. The Labute approximate surface area is 126 Å². The summed E-state index contributed by atoms with van der Waals surface area (Å²) in [6.07, 6.45) is 0. The third-order valence-corrected chi connectivity index (χ3v) is 3.46. The lowest BCUT2D eigenvalue weighted by atomic mass is 10.2. The molecule has 0 spiro atoms. The first-order valence-electron chi connectivity index (χ1n) is 6.02. The summed E-state index contributed by atoms with van der Waals surface area (Å²) in [6.45, 7) is 0. The zero-order chi connectivity index (χ0) is 14.1. The normalized spacial score (nSPS) is 10.6. The van der Waals surface area contributed by atoms with E-state index in [0.29, 0.717) is 5.11 Å². The molecule has 0 aliphatic rings. The van der Waals surface area contributed by atoms with Gasteiger partial charge in [0.1, 0.15) is 0 Å². The number of hydrazine groups is 1. The predicted octanol–water partition coefficient (Wildman–Crippen LogP) is 2.27. The zero-order valence-electron chi connectivity index (χ0n) is 10.5. The van der Waals surface area contributed by atoms with Crippen molar-refractivity contribution in [2.24, 2.45) is 5.73 Å². The number of rotatable bonds is 0. The molecule has 3 aromatic rings. The molecule has 0 bridgehead atoms. The summed E-state index contributed by atoms with van der Waals surface area (Å²) >= 11 is 10.2. The van der Waals surface area contributed by atoms with Crippen LogP contribution >= 0.6 is 24.4 Å². The summed E-state index contributed by atoms with van der Waals surface area (Å²) in [7, 11) is 0. The van der Waals surface area contributed by atoms with Crippen LogP contribution in [0.4, 0.5) is 0 Å². The number of fused-ring (bicyclic) bond motifs is 3. The van der Waals surface area contributed by atoms with Crippen molar-refractivity contribution in [2.75, 3.05) is 0 Å². The maximum Gasteiger partial charge on any atom is 0.197 e. The number of nitrogens with two attached hydrogens (primary N) is 1. The Bertz CT molecular complexity index is 769. The van der Waals surface area contributed by atoms with Gasteiger partial charge in [0.15, 0.2) is 10.2 Å². The second kappa shape index (κ2) is 5.07. The van der Waals surface area contributed by atoms with Gasteiger partial charge in [0.25, 0.3) is 0 Å². The smallest absolute Gasteiger partial charge is 0.197 e. The van der Waals surface area contributed by atoms with Gasteiger partial charge in [-0.25, -0.2) is 0 Å². The highest BCUT2D eigenvalue weighted by Gasteiger charge is 2.12. The summed E-state index contributed by atoms with van der Waals surface area (Å²) in [4.78, 5) is 0. The van der Waals surface area contributed by atoms with Crippen LogP contribution in [0.1, 0.15) is 0 Å². The van der Waals surface area contributed by atoms with Gasteiger partial charge in [-0.1, -0.05) is 36.4 Å². The van der Waals surface area contributed by atoms with Crippen LogP contribution in [-0.4, -0.2) is 14.8 Å². The van der Waals surface area contributed by atoms with Crippen molar-refractivity contribution in [3.63, 3.8) is 0 Å². The van der Waals surface area contributed by atoms with Crippen LogP contribution in [0, 0.1) is 0 Å². The second-order valence-electron chi connectivity index (χ2n) is 4.29. The van der Waals surface area contributed by atoms with Crippen LogP contribution in [0.15, 0.2) is 48.5 Å². The number of nitrogens with zero attached hydrogens (tertiary/aromatic N) is 1. The van der Waals surface area contributed by atoms with E-state index >= 15 is 0 Å². The van der Waals surface area contributed by atoms with Gasteiger partial charge >= 0.3 is 0 Å².